The Hall–Kier alpha value is -2.28. The Kier molecular flexibility index (Phi) is 8.60. The van der Waals surface area contributed by atoms with Gasteiger partial charge in [0.1, 0.15) is 0 Å². The van der Waals surface area contributed by atoms with Crippen molar-refractivity contribution in [2.24, 2.45) is 21.2 Å². The Labute approximate surface area is 158 Å². The lowest BCUT2D eigenvalue weighted by atomic mass is 9.80. The molecule has 0 aliphatic heterocycles. The number of nitriles is 1. The first-order valence-corrected chi connectivity index (χ1v) is 8.84. The molecule has 0 unspecified atom stereocenters. The number of nitrogens with one attached hydrogen (secondary N) is 1. The minimum Gasteiger partial charge on any atom is -0.305 e. The van der Waals surface area contributed by atoms with Crippen LogP contribution in [0.5, 0.6) is 0 Å². The number of carbonyl (C=O) groups excluding carboxylic acids is 1. The van der Waals surface area contributed by atoms with Gasteiger partial charge >= 0.3 is 0 Å². The normalized spacial score (nSPS) is 13.8. The van der Waals surface area contributed by atoms with Crippen LogP contribution in [0, 0.1) is 33.1 Å². The summed E-state index contributed by atoms with van der Waals surface area (Å²) in [6, 6.07) is 0. The number of aliphatic imine (C=N–C) groups is 1. The summed E-state index contributed by atoms with van der Waals surface area (Å²) in [6.45, 7) is 17.3. The zero-order valence-electron chi connectivity index (χ0n) is 17.3. The number of carbonyl (C=O) groups is 1. The number of ketones is 1. The van der Waals surface area contributed by atoms with E-state index in [2.05, 4.69) is 11.6 Å². The van der Waals surface area contributed by atoms with E-state index in [9.17, 15) is 4.79 Å². The standard InChI is InChI=1S/C22H33N3O/c1-9-17(24)21(5,6)14-10-12-18(25-16-23)22(7,8)15-11-13-19(26)20(2,3)4/h9-13,24H,1,14-15H2,2-8H3/b12-10+,13-11+,24-17?,25-18+. The Morgan fingerprint density at radius 3 is 2.00 bits per heavy atom. The lowest BCUT2D eigenvalue weighted by molar-refractivity contribution is -0.121. The summed E-state index contributed by atoms with van der Waals surface area (Å²) in [5.41, 5.74) is 0.0409. The van der Waals surface area contributed by atoms with Gasteiger partial charge in [-0.25, -0.2) is 0 Å². The zero-order chi connectivity index (χ0) is 20.6. The Morgan fingerprint density at radius 2 is 1.54 bits per heavy atom. The van der Waals surface area contributed by atoms with E-state index in [1.165, 1.54) is 0 Å². The fraction of sp³-hybridized carbons (Fsp3) is 0.545. The van der Waals surface area contributed by atoms with E-state index in [4.69, 9.17) is 10.7 Å². The van der Waals surface area contributed by atoms with Crippen LogP contribution in [0.25, 0.3) is 0 Å². The van der Waals surface area contributed by atoms with Gasteiger partial charge in [0.2, 0.25) is 6.19 Å². The van der Waals surface area contributed by atoms with Crippen molar-refractivity contribution < 1.29 is 4.79 Å². The van der Waals surface area contributed by atoms with E-state index in [-0.39, 0.29) is 16.6 Å². The molecule has 142 valence electrons. The van der Waals surface area contributed by atoms with E-state index in [1.54, 1.807) is 12.2 Å². The maximum atomic E-state index is 12.0. The monoisotopic (exact) mass is 355 g/mol. The Morgan fingerprint density at radius 1 is 1.04 bits per heavy atom. The van der Waals surface area contributed by atoms with Gasteiger partial charge in [-0.3, -0.25) is 4.79 Å². The molecule has 0 atom stereocenters. The molecule has 0 fully saturated rings. The maximum absolute atomic E-state index is 12.0. The smallest absolute Gasteiger partial charge is 0.205 e. The van der Waals surface area contributed by atoms with E-state index in [1.807, 2.05) is 72.9 Å². The first-order chi connectivity index (χ1) is 11.8. The summed E-state index contributed by atoms with van der Waals surface area (Å²) in [7, 11) is 0. The van der Waals surface area contributed by atoms with Gasteiger partial charge in [-0.2, -0.15) is 10.3 Å². The molecule has 0 aliphatic carbocycles. The van der Waals surface area contributed by atoms with E-state index < -0.39 is 5.41 Å². The quantitative estimate of drug-likeness (QED) is 0.328. The van der Waals surface area contributed by atoms with Gasteiger partial charge in [0, 0.05) is 22.0 Å². The van der Waals surface area contributed by atoms with Crippen LogP contribution in [0.3, 0.4) is 0 Å². The molecular formula is C22H33N3O. The number of allylic oxidation sites excluding steroid dienone is 5. The van der Waals surface area contributed by atoms with Crippen LogP contribution >= 0.6 is 0 Å². The summed E-state index contributed by atoms with van der Waals surface area (Å²) >= 11 is 0. The summed E-state index contributed by atoms with van der Waals surface area (Å²) in [5.74, 6) is 0.0762. The van der Waals surface area contributed by atoms with Gasteiger partial charge < -0.3 is 5.41 Å². The van der Waals surface area contributed by atoms with Gasteiger partial charge in [-0.1, -0.05) is 67.2 Å². The number of nitrogens with zero attached hydrogens (tertiary/aromatic N) is 2. The molecule has 4 nitrogen and oxygen atoms in total. The fourth-order valence-corrected chi connectivity index (χ4v) is 2.13. The Bertz CT molecular complexity index is 662. The van der Waals surface area contributed by atoms with Crippen molar-refractivity contribution >= 4 is 17.2 Å². The minimum atomic E-state index is -0.397. The predicted octanol–water partition coefficient (Wildman–Crippen LogP) is 5.67. The van der Waals surface area contributed by atoms with E-state index >= 15 is 0 Å². The number of rotatable bonds is 9. The SMILES string of the molecule is C=CC(=N)C(C)(C)C/C=C/C(=N\C#N)C(C)(C)C/C=C/C(=O)C(C)(C)C. The predicted molar refractivity (Wildman–Crippen MR) is 111 cm³/mol. The topological polar surface area (TPSA) is 77.1 Å². The van der Waals surface area contributed by atoms with Crippen LogP contribution < -0.4 is 0 Å². The van der Waals surface area contributed by atoms with Gasteiger partial charge in [0.05, 0.1) is 5.71 Å². The molecule has 0 amide bonds. The highest BCUT2D eigenvalue weighted by Gasteiger charge is 2.24. The molecule has 4 heteroatoms. The summed E-state index contributed by atoms with van der Waals surface area (Å²) in [5, 5.41) is 17.0. The number of hydrogen-bond acceptors (Lipinski definition) is 4. The van der Waals surface area contributed by atoms with Crippen LogP contribution in [-0.4, -0.2) is 17.2 Å². The molecule has 26 heavy (non-hydrogen) atoms. The molecule has 0 saturated carbocycles. The summed E-state index contributed by atoms with van der Waals surface area (Å²) in [6.07, 6.45) is 11.9. The van der Waals surface area contributed by atoms with Crippen LogP contribution in [0.2, 0.25) is 0 Å². The molecular weight excluding hydrogens is 322 g/mol. The van der Waals surface area contributed by atoms with Crippen molar-refractivity contribution in [2.45, 2.75) is 61.3 Å². The van der Waals surface area contributed by atoms with Crippen molar-refractivity contribution in [2.75, 3.05) is 0 Å². The summed E-state index contributed by atoms with van der Waals surface area (Å²) in [4.78, 5) is 16.0. The van der Waals surface area contributed by atoms with Crippen molar-refractivity contribution in [3.8, 4) is 6.19 Å². The molecule has 0 bridgehead atoms. The average molecular weight is 356 g/mol. The molecule has 0 saturated heterocycles. The molecule has 0 radical (unpaired) electrons. The first kappa shape index (κ1) is 23.7. The average Bonchev–Trinajstić information content (AvgIpc) is 2.51. The second kappa shape index (κ2) is 9.43. The van der Waals surface area contributed by atoms with Crippen molar-refractivity contribution in [1.82, 2.24) is 0 Å². The van der Waals surface area contributed by atoms with Crippen LogP contribution in [0.1, 0.15) is 61.3 Å². The third-order valence-electron chi connectivity index (χ3n) is 4.34. The molecule has 0 aromatic carbocycles. The molecule has 0 heterocycles. The molecule has 1 N–H and O–H groups in total. The van der Waals surface area contributed by atoms with E-state index in [0.717, 1.165) is 0 Å². The fourth-order valence-electron chi connectivity index (χ4n) is 2.13. The van der Waals surface area contributed by atoms with E-state index in [0.29, 0.717) is 24.3 Å². The molecule has 0 spiro atoms. The second-order valence-electron chi connectivity index (χ2n) is 8.81. The second-order valence-corrected chi connectivity index (χ2v) is 8.81. The summed E-state index contributed by atoms with van der Waals surface area (Å²) < 4.78 is 0. The molecule has 0 aromatic heterocycles. The van der Waals surface area contributed by atoms with Crippen LogP contribution in [-0.2, 0) is 4.79 Å². The van der Waals surface area contributed by atoms with Crippen LogP contribution in [0.15, 0.2) is 42.0 Å². The highest BCUT2D eigenvalue weighted by Crippen LogP contribution is 2.27. The Balaban J connectivity index is 5.22. The van der Waals surface area contributed by atoms with Gasteiger partial charge in [0.15, 0.2) is 5.78 Å². The van der Waals surface area contributed by atoms with Crippen molar-refractivity contribution in [1.29, 1.82) is 10.7 Å². The highest BCUT2D eigenvalue weighted by molar-refractivity contribution is 6.00. The lowest BCUT2D eigenvalue weighted by Gasteiger charge is -2.24. The maximum Gasteiger partial charge on any atom is 0.205 e. The molecule has 0 aromatic rings. The van der Waals surface area contributed by atoms with Gasteiger partial charge in [-0.15, -0.1) is 0 Å². The highest BCUT2D eigenvalue weighted by atomic mass is 16.1. The zero-order valence-corrected chi connectivity index (χ0v) is 17.3. The van der Waals surface area contributed by atoms with Gasteiger partial charge in [0.25, 0.3) is 0 Å². The van der Waals surface area contributed by atoms with Gasteiger partial charge in [-0.05, 0) is 31.1 Å². The third kappa shape index (κ3) is 7.74. The van der Waals surface area contributed by atoms with Crippen molar-refractivity contribution in [3.63, 3.8) is 0 Å². The number of hydrogen-bond donors (Lipinski definition) is 1. The molecule has 0 aliphatic rings. The third-order valence-corrected chi connectivity index (χ3v) is 4.34. The minimum absolute atomic E-state index is 0.0762. The molecule has 0 rings (SSSR count). The largest absolute Gasteiger partial charge is 0.305 e. The first-order valence-electron chi connectivity index (χ1n) is 8.84. The van der Waals surface area contributed by atoms with Crippen molar-refractivity contribution in [3.05, 3.63) is 37.0 Å². The lowest BCUT2D eigenvalue weighted by Crippen LogP contribution is -2.23. The van der Waals surface area contributed by atoms with Crippen LogP contribution in [0.4, 0.5) is 0 Å².